The monoisotopic (exact) mass is 578 g/mol. The number of halogens is 3. The van der Waals surface area contributed by atoms with Crippen LogP contribution in [0.3, 0.4) is 0 Å². The molecule has 0 aliphatic heterocycles. The maximum Gasteiger partial charge on any atom is 0.264 e. The lowest BCUT2D eigenvalue weighted by Crippen LogP contribution is -2.28. The number of rotatable bonds is 6. The van der Waals surface area contributed by atoms with Gasteiger partial charge in [0, 0.05) is 26.9 Å². The van der Waals surface area contributed by atoms with Gasteiger partial charge in [0.1, 0.15) is 10.4 Å². The summed E-state index contributed by atoms with van der Waals surface area (Å²) in [5.74, 6) is -0.485. The zero-order valence-corrected chi connectivity index (χ0v) is 21.5. The lowest BCUT2D eigenvalue weighted by Gasteiger charge is -2.18. The van der Waals surface area contributed by atoms with E-state index in [2.05, 4.69) is 35.9 Å². The maximum absolute atomic E-state index is 13.3. The van der Waals surface area contributed by atoms with Crippen molar-refractivity contribution in [1.29, 1.82) is 0 Å². The quantitative estimate of drug-likeness (QED) is 0.292. The number of anilines is 1. The van der Waals surface area contributed by atoms with E-state index in [1.807, 2.05) is 0 Å². The van der Waals surface area contributed by atoms with Crippen molar-refractivity contribution in [3.63, 3.8) is 0 Å². The summed E-state index contributed by atoms with van der Waals surface area (Å²) in [4.78, 5) is 21.4. The largest absolute Gasteiger partial charge is 0.345 e. The number of nitrogens with zero attached hydrogens (tertiary/aromatic N) is 2. The zero-order valence-electron chi connectivity index (χ0n) is 17.6. The Labute approximate surface area is 214 Å². The molecule has 1 heterocycles. The van der Waals surface area contributed by atoms with Gasteiger partial charge in [0.05, 0.1) is 22.8 Å². The van der Waals surface area contributed by atoms with Crippen LogP contribution in [0.15, 0.2) is 76.4 Å². The van der Waals surface area contributed by atoms with Crippen LogP contribution >= 0.6 is 39.1 Å². The molecule has 0 saturated heterocycles. The molecule has 11 heteroatoms. The summed E-state index contributed by atoms with van der Waals surface area (Å²) in [5, 5.41) is 3.74. The van der Waals surface area contributed by atoms with E-state index in [0.29, 0.717) is 25.6 Å². The molecule has 3 aromatic carbocycles. The Bertz CT molecular complexity index is 1510. The van der Waals surface area contributed by atoms with Crippen LogP contribution in [-0.2, 0) is 10.0 Å². The normalized spacial score (nSPS) is 12.4. The number of hydrogen-bond donors (Lipinski definition) is 2. The predicted octanol–water partition coefficient (Wildman–Crippen LogP) is 5.99. The summed E-state index contributed by atoms with van der Waals surface area (Å²) in [6.07, 6.45) is 2.90. The summed E-state index contributed by atoms with van der Waals surface area (Å²) in [6.45, 7) is 1.77. The Morgan fingerprint density at radius 3 is 2.56 bits per heavy atom. The summed E-state index contributed by atoms with van der Waals surface area (Å²) >= 11 is 15.6. The molecule has 0 saturated carbocycles. The van der Waals surface area contributed by atoms with E-state index in [4.69, 9.17) is 23.2 Å². The predicted molar refractivity (Wildman–Crippen MR) is 137 cm³/mol. The summed E-state index contributed by atoms with van der Waals surface area (Å²) in [7, 11) is -4.09. The van der Waals surface area contributed by atoms with E-state index in [0.717, 1.165) is 0 Å². The molecule has 34 heavy (non-hydrogen) atoms. The minimum atomic E-state index is -4.09. The third-order valence-electron chi connectivity index (χ3n) is 5.00. The molecule has 0 fully saturated rings. The number of nitrogens with one attached hydrogen (secondary N) is 2. The van der Waals surface area contributed by atoms with Crippen molar-refractivity contribution < 1.29 is 13.2 Å². The third kappa shape index (κ3) is 5.17. The second kappa shape index (κ2) is 9.87. The Hall–Kier alpha value is -2.72. The second-order valence-corrected chi connectivity index (χ2v) is 10.7. The van der Waals surface area contributed by atoms with Crippen LogP contribution in [0.2, 0.25) is 10.0 Å². The number of amides is 1. The van der Waals surface area contributed by atoms with Crippen LogP contribution in [0.5, 0.6) is 0 Å². The fraction of sp³-hybridized carbons (Fsp3) is 0.0870. The number of hydrogen-bond acceptors (Lipinski definition) is 5. The van der Waals surface area contributed by atoms with E-state index in [1.165, 1.54) is 30.6 Å². The number of carbonyl (C=O) groups is 1. The molecule has 0 aliphatic rings. The SMILES string of the molecule is C[C@H](NC(=O)c1ccc(Br)cc1NS(=O)(=O)c1cccc2nccnc12)c1ccc(Cl)cc1Cl. The first-order chi connectivity index (χ1) is 16.2. The average molecular weight is 580 g/mol. The van der Waals surface area contributed by atoms with Crippen LogP contribution < -0.4 is 10.0 Å². The summed E-state index contributed by atoms with van der Waals surface area (Å²) in [6, 6.07) is 13.9. The number of fused-ring (bicyclic) bond motifs is 1. The van der Waals surface area contributed by atoms with Crippen molar-refractivity contribution in [3.8, 4) is 0 Å². The molecular weight excluding hydrogens is 563 g/mol. The van der Waals surface area contributed by atoms with Gasteiger partial charge in [-0.05, 0) is 55.0 Å². The molecule has 2 N–H and O–H groups in total. The van der Waals surface area contributed by atoms with E-state index in [-0.39, 0.29) is 21.7 Å². The Balaban J connectivity index is 1.66. The number of sulfonamides is 1. The zero-order chi connectivity index (χ0) is 24.5. The van der Waals surface area contributed by atoms with E-state index in [1.54, 1.807) is 43.3 Å². The fourth-order valence-corrected chi connectivity index (χ4v) is 5.56. The Morgan fingerprint density at radius 2 is 1.79 bits per heavy atom. The first-order valence-corrected chi connectivity index (χ1v) is 13.0. The molecule has 1 aromatic heterocycles. The molecule has 0 radical (unpaired) electrons. The van der Waals surface area contributed by atoms with Gasteiger partial charge in [-0.3, -0.25) is 19.5 Å². The van der Waals surface area contributed by atoms with Crippen molar-refractivity contribution in [2.75, 3.05) is 4.72 Å². The number of carbonyl (C=O) groups excluding carboxylic acids is 1. The molecule has 0 spiro atoms. The molecule has 0 bridgehead atoms. The highest BCUT2D eigenvalue weighted by Gasteiger charge is 2.23. The average Bonchev–Trinajstić information content (AvgIpc) is 2.78. The highest BCUT2D eigenvalue weighted by atomic mass is 79.9. The Kier molecular flexibility index (Phi) is 7.09. The highest BCUT2D eigenvalue weighted by Crippen LogP contribution is 2.29. The lowest BCUT2D eigenvalue weighted by molar-refractivity contribution is 0.0941. The molecule has 4 aromatic rings. The fourth-order valence-electron chi connectivity index (χ4n) is 3.39. The highest BCUT2D eigenvalue weighted by molar-refractivity contribution is 9.10. The number of benzene rings is 3. The standard InChI is InChI=1S/C23H17BrCl2N4O3S/c1-13(16-8-6-15(25)12-18(16)26)29-23(31)17-7-5-14(24)11-20(17)30-34(32,33)21-4-2-3-19-22(21)28-10-9-27-19/h2-13,30H,1H3,(H,29,31)/t13-/m0/s1. The minimum Gasteiger partial charge on any atom is -0.345 e. The van der Waals surface area contributed by atoms with E-state index in [9.17, 15) is 13.2 Å². The molecule has 0 aliphatic carbocycles. The smallest absolute Gasteiger partial charge is 0.264 e. The molecule has 174 valence electrons. The van der Waals surface area contributed by atoms with Crippen molar-refractivity contribution in [2.24, 2.45) is 0 Å². The van der Waals surface area contributed by atoms with Gasteiger partial charge < -0.3 is 5.32 Å². The molecular formula is C23H17BrCl2N4O3S. The second-order valence-electron chi connectivity index (χ2n) is 7.34. The van der Waals surface area contributed by atoms with Crippen LogP contribution in [0.1, 0.15) is 28.9 Å². The third-order valence-corrected chi connectivity index (χ3v) is 7.45. The van der Waals surface area contributed by atoms with Crippen molar-refractivity contribution in [1.82, 2.24) is 15.3 Å². The summed E-state index contributed by atoms with van der Waals surface area (Å²) in [5.41, 5.74) is 1.57. The number of para-hydroxylation sites is 1. The van der Waals surface area contributed by atoms with Gasteiger partial charge in [-0.2, -0.15) is 0 Å². The van der Waals surface area contributed by atoms with Gasteiger partial charge in [0.25, 0.3) is 15.9 Å². The van der Waals surface area contributed by atoms with Gasteiger partial charge >= 0.3 is 0 Å². The van der Waals surface area contributed by atoms with Crippen LogP contribution in [0.4, 0.5) is 5.69 Å². The van der Waals surface area contributed by atoms with Crippen molar-refractivity contribution >= 4 is 71.8 Å². The molecule has 4 rings (SSSR count). The first kappa shape index (κ1) is 24.4. The Morgan fingerprint density at radius 1 is 1.03 bits per heavy atom. The maximum atomic E-state index is 13.3. The summed E-state index contributed by atoms with van der Waals surface area (Å²) < 4.78 is 29.6. The van der Waals surface area contributed by atoms with Gasteiger partial charge in [0.15, 0.2) is 0 Å². The van der Waals surface area contributed by atoms with Gasteiger partial charge in [-0.25, -0.2) is 8.42 Å². The van der Waals surface area contributed by atoms with Gasteiger partial charge in [0.2, 0.25) is 0 Å². The van der Waals surface area contributed by atoms with Crippen molar-refractivity contribution in [3.05, 3.63) is 92.6 Å². The first-order valence-electron chi connectivity index (χ1n) is 9.93. The van der Waals surface area contributed by atoms with E-state index < -0.39 is 22.0 Å². The van der Waals surface area contributed by atoms with Crippen LogP contribution in [-0.4, -0.2) is 24.3 Å². The number of aromatic nitrogens is 2. The van der Waals surface area contributed by atoms with Crippen molar-refractivity contribution in [2.45, 2.75) is 17.9 Å². The lowest BCUT2D eigenvalue weighted by atomic mass is 10.1. The minimum absolute atomic E-state index is 0.0502. The molecule has 1 atom stereocenters. The molecule has 0 unspecified atom stereocenters. The van der Waals surface area contributed by atoms with Crippen LogP contribution in [0, 0.1) is 0 Å². The van der Waals surface area contributed by atoms with Crippen LogP contribution in [0.25, 0.3) is 11.0 Å². The molecule has 1 amide bonds. The van der Waals surface area contributed by atoms with Gasteiger partial charge in [-0.15, -0.1) is 0 Å². The topological polar surface area (TPSA) is 101 Å². The van der Waals surface area contributed by atoms with Gasteiger partial charge in [-0.1, -0.05) is 51.3 Å². The molecule has 7 nitrogen and oxygen atoms in total. The van der Waals surface area contributed by atoms with E-state index >= 15 is 0 Å².